The molecule has 0 amide bonds. The van der Waals surface area contributed by atoms with Gasteiger partial charge in [0.05, 0.1) is 30.9 Å². The molecule has 3 aromatic rings. The summed E-state index contributed by atoms with van der Waals surface area (Å²) in [4.78, 5) is 27.3. The van der Waals surface area contributed by atoms with Crippen LogP contribution >= 0.6 is 0 Å². The molecular formula is C27H34N2O6. The van der Waals surface area contributed by atoms with E-state index in [0.717, 1.165) is 25.9 Å². The van der Waals surface area contributed by atoms with Gasteiger partial charge in [-0.3, -0.25) is 9.59 Å². The van der Waals surface area contributed by atoms with E-state index in [4.69, 9.17) is 18.9 Å². The largest absolute Gasteiger partial charge is 0.493 e. The average molecular weight is 483 g/mol. The van der Waals surface area contributed by atoms with Gasteiger partial charge < -0.3 is 28.8 Å². The Morgan fingerprint density at radius 2 is 1.57 bits per heavy atom. The summed E-state index contributed by atoms with van der Waals surface area (Å²) in [6.07, 6.45) is 1.79. The van der Waals surface area contributed by atoms with Crippen LogP contribution in [0.5, 0.6) is 23.0 Å². The first-order chi connectivity index (χ1) is 17.1. The number of rotatable bonds is 8. The third-order valence-electron chi connectivity index (χ3n) is 6.18. The van der Waals surface area contributed by atoms with Gasteiger partial charge in [-0.2, -0.15) is 0 Å². The average Bonchev–Trinajstić information content (AvgIpc) is 3.46. The van der Waals surface area contributed by atoms with Crippen LogP contribution in [0.2, 0.25) is 0 Å². The Morgan fingerprint density at radius 1 is 0.943 bits per heavy atom. The van der Waals surface area contributed by atoms with Gasteiger partial charge in [-0.15, -0.1) is 0 Å². The van der Waals surface area contributed by atoms with Crippen LogP contribution in [0.4, 0.5) is 0 Å². The zero-order valence-corrected chi connectivity index (χ0v) is 20.9. The van der Waals surface area contributed by atoms with Crippen molar-refractivity contribution in [2.24, 2.45) is 0 Å². The Balaban J connectivity index is 0.00000117. The quantitative estimate of drug-likeness (QED) is 0.367. The zero-order valence-electron chi connectivity index (χ0n) is 20.9. The summed E-state index contributed by atoms with van der Waals surface area (Å²) in [5.74, 6) is 1.88. The second-order valence-electron chi connectivity index (χ2n) is 8.12. The molecule has 0 bridgehead atoms. The number of methoxy groups -OCH3 is 2. The molecule has 0 saturated carbocycles. The summed E-state index contributed by atoms with van der Waals surface area (Å²) >= 11 is 0. The van der Waals surface area contributed by atoms with Gasteiger partial charge in [-0.25, -0.2) is 0 Å². The first-order valence-electron chi connectivity index (χ1n) is 12.1. The van der Waals surface area contributed by atoms with Crippen LogP contribution in [0.15, 0.2) is 29.1 Å². The van der Waals surface area contributed by atoms with Crippen molar-refractivity contribution in [1.29, 1.82) is 0 Å². The van der Waals surface area contributed by atoms with Gasteiger partial charge in [0.1, 0.15) is 0 Å². The molecule has 0 unspecified atom stereocenters. The predicted molar refractivity (Wildman–Crippen MR) is 138 cm³/mol. The van der Waals surface area contributed by atoms with Gasteiger partial charge in [0.2, 0.25) is 6.79 Å². The number of nitrogens with zero attached hydrogens (tertiary/aromatic N) is 1. The number of carbonyl (C=O) groups is 1. The van der Waals surface area contributed by atoms with Crippen LogP contribution in [0.3, 0.4) is 0 Å². The summed E-state index contributed by atoms with van der Waals surface area (Å²) in [5, 5.41) is 4.35. The predicted octanol–water partition coefficient (Wildman–Crippen LogP) is 4.62. The van der Waals surface area contributed by atoms with E-state index in [9.17, 15) is 9.59 Å². The molecule has 1 aromatic heterocycles. The van der Waals surface area contributed by atoms with Crippen LogP contribution < -0.4 is 29.8 Å². The minimum Gasteiger partial charge on any atom is -0.493 e. The second kappa shape index (κ2) is 10.4. The number of hydrogen-bond acceptors (Lipinski definition) is 7. The number of hydrogen-bond donors (Lipinski definition) is 1. The first kappa shape index (κ1) is 24.6. The monoisotopic (exact) mass is 482 g/mol. The lowest BCUT2D eigenvalue weighted by atomic mass is 10.0. The minimum atomic E-state index is -0.168. The number of ether oxygens (including phenoxy) is 4. The molecule has 1 N–H and O–H groups in total. The lowest BCUT2D eigenvalue weighted by Gasteiger charge is -2.17. The van der Waals surface area contributed by atoms with Crippen LogP contribution in [0, 0.1) is 0 Å². The Bertz CT molecular complexity index is 1330. The number of carbonyl (C=O) groups excluding carboxylic acids is 1. The third kappa shape index (κ3) is 4.12. The van der Waals surface area contributed by atoms with Crippen molar-refractivity contribution >= 4 is 16.6 Å². The van der Waals surface area contributed by atoms with Crippen molar-refractivity contribution in [2.75, 3.05) is 34.1 Å². The van der Waals surface area contributed by atoms with E-state index in [1.807, 2.05) is 13.8 Å². The van der Waals surface area contributed by atoms with Crippen LogP contribution in [-0.4, -0.2) is 44.5 Å². The van der Waals surface area contributed by atoms with Gasteiger partial charge in [-0.05, 0) is 50.2 Å². The van der Waals surface area contributed by atoms with Crippen LogP contribution in [0.1, 0.15) is 51.0 Å². The van der Waals surface area contributed by atoms with Crippen molar-refractivity contribution < 1.29 is 25.2 Å². The van der Waals surface area contributed by atoms with Crippen molar-refractivity contribution in [3.05, 3.63) is 45.7 Å². The number of aromatic nitrogens is 1. The maximum atomic E-state index is 13.7. The van der Waals surface area contributed by atoms with Gasteiger partial charge in [0.15, 0.2) is 28.8 Å². The van der Waals surface area contributed by atoms with Crippen molar-refractivity contribution in [2.45, 2.75) is 40.2 Å². The van der Waals surface area contributed by atoms with E-state index in [1.165, 1.54) is 14.2 Å². The van der Waals surface area contributed by atoms with Gasteiger partial charge in [0.25, 0.3) is 5.56 Å². The van der Waals surface area contributed by atoms with Crippen LogP contribution in [-0.2, 0) is 6.54 Å². The Morgan fingerprint density at radius 3 is 2.20 bits per heavy atom. The molecular weight excluding hydrogens is 448 g/mol. The van der Waals surface area contributed by atoms with E-state index >= 15 is 0 Å². The Kier molecular flexibility index (Phi) is 7.31. The van der Waals surface area contributed by atoms with E-state index in [1.54, 1.807) is 28.8 Å². The summed E-state index contributed by atoms with van der Waals surface area (Å²) in [6.45, 7) is 8.41. The minimum absolute atomic E-state index is 0. The van der Waals surface area contributed by atoms with Gasteiger partial charge in [-0.1, -0.05) is 20.8 Å². The molecule has 2 aliphatic rings. The highest BCUT2D eigenvalue weighted by Gasteiger charge is 2.35. The molecule has 8 heteroatoms. The molecule has 35 heavy (non-hydrogen) atoms. The molecule has 5 rings (SSSR count). The smallest absolute Gasteiger partial charge is 0.259 e. The summed E-state index contributed by atoms with van der Waals surface area (Å²) < 4.78 is 23.6. The van der Waals surface area contributed by atoms with E-state index < -0.39 is 0 Å². The standard InChI is InChI=1S/C25H26N2O6.C2H6.H2/c1-4-6-26-7-5-8-27-23-15-10-20-21(33-13-32-20)11-16(15)24(28)22(23)14-9-18(30-2)19(31-3)12-17(14)25(27)29;1-2;/h9-12,26H,4-8,13H2,1-3H3;1-2H3;1H. The maximum Gasteiger partial charge on any atom is 0.259 e. The molecule has 0 spiro atoms. The van der Waals surface area contributed by atoms with E-state index in [-0.39, 0.29) is 19.6 Å². The zero-order chi connectivity index (χ0) is 25.1. The highest BCUT2D eigenvalue weighted by Crippen LogP contribution is 2.46. The molecule has 1 aliphatic carbocycles. The molecule has 2 aromatic carbocycles. The number of benzene rings is 2. The lowest BCUT2D eigenvalue weighted by molar-refractivity contribution is 0.104. The molecule has 0 radical (unpaired) electrons. The normalized spacial score (nSPS) is 12.8. The van der Waals surface area contributed by atoms with Crippen molar-refractivity contribution in [3.8, 4) is 34.3 Å². The number of nitrogens with one attached hydrogen (secondary N) is 1. The maximum absolute atomic E-state index is 13.7. The van der Waals surface area contributed by atoms with Crippen LogP contribution in [0.25, 0.3) is 22.0 Å². The Labute approximate surface area is 206 Å². The third-order valence-corrected chi connectivity index (χ3v) is 6.18. The molecule has 0 atom stereocenters. The second-order valence-corrected chi connectivity index (χ2v) is 8.12. The van der Waals surface area contributed by atoms with Gasteiger partial charge >= 0.3 is 0 Å². The number of ketones is 1. The summed E-state index contributed by atoms with van der Waals surface area (Å²) in [5.41, 5.74) is 2.14. The number of fused-ring (bicyclic) bond motifs is 6. The Hall–Kier alpha value is -3.52. The summed E-state index contributed by atoms with van der Waals surface area (Å²) in [6, 6.07) is 6.89. The molecule has 188 valence electrons. The van der Waals surface area contributed by atoms with E-state index in [0.29, 0.717) is 62.7 Å². The highest BCUT2D eigenvalue weighted by molar-refractivity contribution is 6.27. The van der Waals surface area contributed by atoms with Gasteiger partial charge in [0, 0.05) is 24.5 Å². The molecule has 1 aliphatic heterocycles. The highest BCUT2D eigenvalue weighted by atomic mass is 16.7. The first-order valence-corrected chi connectivity index (χ1v) is 12.1. The van der Waals surface area contributed by atoms with E-state index in [2.05, 4.69) is 12.2 Å². The summed E-state index contributed by atoms with van der Waals surface area (Å²) in [7, 11) is 3.06. The van der Waals surface area contributed by atoms with Crippen molar-refractivity contribution in [3.63, 3.8) is 0 Å². The fraction of sp³-hybridized carbons (Fsp3) is 0.407. The molecule has 0 fully saturated rings. The molecule has 2 heterocycles. The topological polar surface area (TPSA) is 88.0 Å². The fourth-order valence-electron chi connectivity index (χ4n) is 4.62. The fourth-order valence-corrected chi connectivity index (χ4v) is 4.62. The lowest BCUT2D eigenvalue weighted by Crippen LogP contribution is -2.26. The number of pyridine rings is 1. The molecule has 8 nitrogen and oxygen atoms in total. The SMILES string of the molecule is CC.CCCNCCCn1c2c(c3cc(OC)c(OC)cc3c1=O)C(=O)c1cc3c(cc1-2)OCO3.[HH]. The van der Waals surface area contributed by atoms with Crippen molar-refractivity contribution in [1.82, 2.24) is 9.88 Å². The molecule has 0 saturated heterocycles.